The molecule has 0 radical (unpaired) electrons. The summed E-state index contributed by atoms with van der Waals surface area (Å²) in [5.74, 6) is 0. The van der Waals surface area contributed by atoms with E-state index in [0.717, 1.165) is 23.0 Å². The van der Waals surface area contributed by atoms with Crippen LogP contribution in [-0.4, -0.2) is 18.0 Å². The maximum atomic E-state index is 11.8. The van der Waals surface area contributed by atoms with E-state index in [0.29, 0.717) is 12.8 Å². The summed E-state index contributed by atoms with van der Waals surface area (Å²) >= 11 is 0. The van der Waals surface area contributed by atoms with Gasteiger partial charge in [0.1, 0.15) is 11.9 Å². The lowest BCUT2D eigenvalue weighted by molar-refractivity contribution is -0.107. The second-order valence-electron chi connectivity index (χ2n) is 6.31. The van der Waals surface area contributed by atoms with Gasteiger partial charge in [-0.1, -0.05) is 54.6 Å². The predicted molar refractivity (Wildman–Crippen MR) is 97.0 cm³/mol. The summed E-state index contributed by atoms with van der Waals surface area (Å²) in [6.45, 7) is 3.66. The van der Waals surface area contributed by atoms with E-state index in [2.05, 4.69) is 0 Å². The quantitative estimate of drug-likeness (QED) is 0.421. The summed E-state index contributed by atoms with van der Waals surface area (Å²) in [5.41, 5.74) is 2.21. The molecule has 0 aliphatic heterocycles. The van der Waals surface area contributed by atoms with Crippen molar-refractivity contribution in [2.24, 2.45) is 0 Å². The Hall–Kier alpha value is -2.88. The zero-order valence-electron chi connectivity index (χ0n) is 14.5. The Morgan fingerprint density at radius 1 is 1.00 bits per heavy atom. The van der Waals surface area contributed by atoms with E-state index in [1.54, 1.807) is 6.08 Å². The number of carbonyl (C=O) groups is 2. The molecule has 0 aromatic heterocycles. The fourth-order valence-electron chi connectivity index (χ4n) is 2.40. The molecule has 4 nitrogen and oxygen atoms in total. The van der Waals surface area contributed by atoms with Gasteiger partial charge in [-0.2, -0.15) is 0 Å². The molecule has 0 fully saturated rings. The van der Waals surface area contributed by atoms with E-state index < -0.39 is 11.8 Å². The van der Waals surface area contributed by atoms with Crippen LogP contribution in [0.1, 0.15) is 30.5 Å². The van der Waals surface area contributed by atoms with E-state index >= 15 is 0 Å². The third kappa shape index (κ3) is 6.63. The van der Waals surface area contributed by atoms with E-state index in [-0.39, 0.29) is 0 Å². The van der Waals surface area contributed by atoms with Crippen LogP contribution < -0.4 is 0 Å². The number of aldehydes is 1. The van der Waals surface area contributed by atoms with Gasteiger partial charge in [0.2, 0.25) is 0 Å². The largest absolute Gasteiger partial charge is 0.513 e. The van der Waals surface area contributed by atoms with Crippen molar-refractivity contribution in [1.82, 2.24) is 0 Å². The Bertz CT molecular complexity index is 715. The van der Waals surface area contributed by atoms with Gasteiger partial charge in [-0.15, -0.1) is 0 Å². The van der Waals surface area contributed by atoms with Crippen LogP contribution in [0.25, 0.3) is 6.08 Å². The van der Waals surface area contributed by atoms with Gasteiger partial charge < -0.3 is 14.3 Å². The monoisotopic (exact) mass is 338 g/mol. The number of benzene rings is 2. The van der Waals surface area contributed by atoms with Crippen LogP contribution >= 0.6 is 0 Å². The molecule has 0 spiro atoms. The van der Waals surface area contributed by atoms with Gasteiger partial charge in [-0.25, -0.2) is 4.79 Å². The van der Waals surface area contributed by atoms with Gasteiger partial charge in [0.05, 0.1) is 6.26 Å². The lowest BCUT2D eigenvalue weighted by Crippen LogP contribution is -2.30. The van der Waals surface area contributed by atoms with Crippen molar-refractivity contribution in [3.05, 3.63) is 77.5 Å². The highest BCUT2D eigenvalue weighted by Crippen LogP contribution is 2.18. The highest BCUT2D eigenvalue weighted by atomic mass is 16.7. The second kappa shape index (κ2) is 8.83. The molecule has 0 N–H and O–H groups in total. The standard InChI is InChI=1S/C21H22O4/c1-21(2,16-19-10-8-18(9-11-19)12-14-22)25-20(23)24-15-13-17-6-4-3-5-7-17/h3-11,13-15H,12,16H2,1-2H3. The van der Waals surface area contributed by atoms with Crippen LogP contribution in [0.2, 0.25) is 0 Å². The third-order valence-corrected chi connectivity index (χ3v) is 3.56. The normalized spacial score (nSPS) is 11.3. The highest BCUT2D eigenvalue weighted by Gasteiger charge is 2.24. The molecule has 0 saturated heterocycles. The second-order valence-corrected chi connectivity index (χ2v) is 6.31. The Morgan fingerprint density at radius 3 is 2.28 bits per heavy atom. The molecule has 2 aromatic rings. The number of carbonyl (C=O) groups excluding carboxylic acids is 2. The zero-order chi connectivity index (χ0) is 18.1. The summed E-state index contributed by atoms with van der Waals surface area (Å²) in [7, 11) is 0. The van der Waals surface area contributed by atoms with Gasteiger partial charge in [-0.05, 0) is 36.6 Å². The van der Waals surface area contributed by atoms with Gasteiger partial charge in [-0.3, -0.25) is 0 Å². The van der Waals surface area contributed by atoms with Gasteiger partial charge in [0.25, 0.3) is 0 Å². The topological polar surface area (TPSA) is 52.6 Å². The lowest BCUT2D eigenvalue weighted by Gasteiger charge is -2.24. The van der Waals surface area contributed by atoms with Gasteiger partial charge >= 0.3 is 6.16 Å². The van der Waals surface area contributed by atoms with Crippen LogP contribution in [0.4, 0.5) is 4.79 Å². The maximum Gasteiger partial charge on any atom is 0.513 e. The Balaban J connectivity index is 1.85. The predicted octanol–water partition coefficient (Wildman–Crippen LogP) is 4.57. The van der Waals surface area contributed by atoms with E-state index in [1.165, 1.54) is 6.26 Å². The Kier molecular flexibility index (Phi) is 6.52. The number of rotatable bonds is 7. The van der Waals surface area contributed by atoms with Crippen molar-refractivity contribution in [2.75, 3.05) is 0 Å². The van der Waals surface area contributed by atoms with Crippen molar-refractivity contribution in [2.45, 2.75) is 32.3 Å². The first-order chi connectivity index (χ1) is 12.0. The number of ether oxygens (including phenoxy) is 2. The average molecular weight is 338 g/mol. The molecule has 0 amide bonds. The fourth-order valence-corrected chi connectivity index (χ4v) is 2.40. The molecule has 0 atom stereocenters. The summed E-state index contributed by atoms with van der Waals surface area (Å²) in [6.07, 6.45) is 4.10. The lowest BCUT2D eigenvalue weighted by atomic mass is 9.97. The summed E-state index contributed by atoms with van der Waals surface area (Å²) in [6, 6.07) is 17.2. The minimum absolute atomic E-state index is 0.403. The van der Waals surface area contributed by atoms with Crippen LogP contribution in [0.5, 0.6) is 0 Å². The average Bonchev–Trinajstić information content (AvgIpc) is 2.57. The Labute approximate surface area is 148 Å². The smallest absolute Gasteiger partial charge is 0.428 e. The summed E-state index contributed by atoms with van der Waals surface area (Å²) in [4.78, 5) is 22.4. The molecule has 0 bridgehead atoms. The number of hydrogen-bond donors (Lipinski definition) is 0. The maximum absolute atomic E-state index is 11.8. The first-order valence-electron chi connectivity index (χ1n) is 8.11. The first kappa shape index (κ1) is 18.5. The first-order valence-corrected chi connectivity index (χ1v) is 8.11. The molecular formula is C21H22O4. The SMILES string of the molecule is CC(C)(Cc1ccc(CC=O)cc1)OC(=O)OC=Cc1ccccc1. The molecule has 0 unspecified atom stereocenters. The van der Waals surface area contributed by atoms with Crippen LogP contribution in [0.3, 0.4) is 0 Å². The van der Waals surface area contributed by atoms with Crippen LogP contribution in [0.15, 0.2) is 60.9 Å². The molecule has 2 rings (SSSR count). The Morgan fingerprint density at radius 2 is 1.64 bits per heavy atom. The minimum atomic E-state index is -0.741. The number of hydrogen-bond acceptors (Lipinski definition) is 4. The van der Waals surface area contributed by atoms with Crippen molar-refractivity contribution >= 4 is 18.5 Å². The van der Waals surface area contributed by atoms with Crippen molar-refractivity contribution < 1.29 is 19.1 Å². The molecule has 0 aliphatic carbocycles. The molecule has 0 saturated carbocycles. The van der Waals surface area contributed by atoms with Gasteiger partial charge in [0, 0.05) is 12.8 Å². The van der Waals surface area contributed by atoms with Crippen molar-refractivity contribution in [3.8, 4) is 0 Å². The van der Waals surface area contributed by atoms with E-state index in [9.17, 15) is 9.59 Å². The summed E-state index contributed by atoms with van der Waals surface area (Å²) < 4.78 is 10.4. The molecular weight excluding hydrogens is 316 g/mol. The third-order valence-electron chi connectivity index (χ3n) is 3.56. The fraction of sp³-hybridized carbons (Fsp3) is 0.238. The molecule has 0 aliphatic rings. The van der Waals surface area contributed by atoms with E-state index in [1.807, 2.05) is 68.4 Å². The van der Waals surface area contributed by atoms with Crippen LogP contribution in [-0.2, 0) is 27.1 Å². The molecule has 2 aromatic carbocycles. The van der Waals surface area contributed by atoms with Crippen molar-refractivity contribution in [1.29, 1.82) is 0 Å². The molecule has 25 heavy (non-hydrogen) atoms. The summed E-state index contributed by atoms with van der Waals surface area (Å²) in [5, 5.41) is 0. The van der Waals surface area contributed by atoms with Crippen LogP contribution in [0, 0.1) is 0 Å². The highest BCUT2D eigenvalue weighted by molar-refractivity contribution is 5.62. The minimum Gasteiger partial charge on any atom is -0.428 e. The zero-order valence-corrected chi connectivity index (χ0v) is 14.5. The van der Waals surface area contributed by atoms with Gasteiger partial charge in [0.15, 0.2) is 0 Å². The molecule has 4 heteroatoms. The molecule has 0 heterocycles. The van der Waals surface area contributed by atoms with Crippen molar-refractivity contribution in [3.63, 3.8) is 0 Å². The molecule has 130 valence electrons. The van der Waals surface area contributed by atoms with E-state index in [4.69, 9.17) is 9.47 Å².